The highest BCUT2D eigenvalue weighted by Crippen LogP contribution is 2.27. The number of hydrogen-bond donors (Lipinski definition) is 2. The molecular weight excluding hydrogens is 232 g/mol. The summed E-state index contributed by atoms with van der Waals surface area (Å²) in [7, 11) is 0. The van der Waals surface area contributed by atoms with Gasteiger partial charge >= 0.3 is 0 Å². The third-order valence-corrected chi connectivity index (χ3v) is 2.76. The molecule has 0 saturated carbocycles. The summed E-state index contributed by atoms with van der Waals surface area (Å²) in [5, 5.41) is 31.9. The Labute approximate surface area is 102 Å². The summed E-state index contributed by atoms with van der Waals surface area (Å²) in [5.41, 5.74) is 1.88. The van der Waals surface area contributed by atoms with Gasteiger partial charge in [-0.1, -0.05) is 6.58 Å². The minimum absolute atomic E-state index is 0.0418. The second-order valence-electron chi connectivity index (χ2n) is 4.06. The number of aromatic nitrogens is 4. The van der Waals surface area contributed by atoms with Crippen LogP contribution in [0.25, 0.3) is 23.6 Å². The first kappa shape index (κ1) is 10.5. The number of aryl methyl sites for hydroxylation is 1. The van der Waals surface area contributed by atoms with Gasteiger partial charge in [0, 0.05) is 16.8 Å². The lowest BCUT2D eigenvalue weighted by Crippen LogP contribution is -1.98. The van der Waals surface area contributed by atoms with E-state index < -0.39 is 0 Å². The number of benzene rings is 1. The van der Waals surface area contributed by atoms with Crippen LogP contribution in [0.1, 0.15) is 5.69 Å². The SMILES string of the molecule is C=c1c(C)nn2c(-c3cc(O)cc(O)c3)nnc12. The van der Waals surface area contributed by atoms with Crippen LogP contribution in [0.15, 0.2) is 18.2 Å². The molecule has 0 spiro atoms. The molecule has 2 heterocycles. The average Bonchev–Trinajstić information content (AvgIpc) is 2.80. The fourth-order valence-corrected chi connectivity index (χ4v) is 1.84. The van der Waals surface area contributed by atoms with Crippen LogP contribution in [0.4, 0.5) is 0 Å². The van der Waals surface area contributed by atoms with Crippen molar-refractivity contribution in [1.82, 2.24) is 19.8 Å². The molecule has 0 amide bonds. The van der Waals surface area contributed by atoms with Crippen LogP contribution in [0, 0.1) is 6.92 Å². The van der Waals surface area contributed by atoms with E-state index in [0.717, 1.165) is 10.9 Å². The molecule has 3 aromatic rings. The molecule has 0 unspecified atom stereocenters. The third-order valence-electron chi connectivity index (χ3n) is 2.76. The quantitative estimate of drug-likeness (QED) is 0.654. The van der Waals surface area contributed by atoms with Crippen LogP contribution in [-0.4, -0.2) is 30.0 Å². The number of aromatic hydroxyl groups is 2. The first-order valence-corrected chi connectivity index (χ1v) is 5.30. The number of fused-ring (bicyclic) bond motifs is 1. The van der Waals surface area contributed by atoms with Crippen LogP contribution in [-0.2, 0) is 0 Å². The molecule has 1 aromatic carbocycles. The van der Waals surface area contributed by atoms with Crippen LogP contribution in [0.2, 0.25) is 0 Å². The van der Waals surface area contributed by atoms with Gasteiger partial charge < -0.3 is 10.2 Å². The highest BCUT2D eigenvalue weighted by atomic mass is 16.3. The van der Waals surface area contributed by atoms with Crippen molar-refractivity contribution in [2.45, 2.75) is 6.92 Å². The van der Waals surface area contributed by atoms with Gasteiger partial charge in [0.1, 0.15) is 11.5 Å². The van der Waals surface area contributed by atoms with Gasteiger partial charge in [-0.3, -0.25) is 0 Å². The predicted molar refractivity (Wildman–Crippen MR) is 65.0 cm³/mol. The molecule has 0 atom stereocenters. The molecular formula is C12H10N4O2. The molecule has 2 aromatic heterocycles. The fourth-order valence-electron chi connectivity index (χ4n) is 1.84. The van der Waals surface area contributed by atoms with Gasteiger partial charge in [-0.15, -0.1) is 10.2 Å². The van der Waals surface area contributed by atoms with Crippen LogP contribution in [0.3, 0.4) is 0 Å². The second kappa shape index (κ2) is 3.43. The lowest BCUT2D eigenvalue weighted by Gasteiger charge is -2.00. The maximum atomic E-state index is 9.47. The van der Waals surface area contributed by atoms with Crippen LogP contribution >= 0.6 is 0 Å². The molecule has 6 nitrogen and oxygen atoms in total. The van der Waals surface area contributed by atoms with Gasteiger partial charge in [-0.05, 0) is 19.1 Å². The van der Waals surface area contributed by atoms with E-state index in [1.165, 1.54) is 18.2 Å². The van der Waals surface area contributed by atoms with Crippen LogP contribution < -0.4 is 5.22 Å². The maximum absolute atomic E-state index is 9.47. The Bertz CT molecular complexity index is 774. The molecule has 0 aliphatic heterocycles. The number of nitrogens with zero attached hydrogens (tertiary/aromatic N) is 4. The molecule has 6 heteroatoms. The lowest BCUT2D eigenvalue weighted by molar-refractivity contribution is 0.451. The first-order chi connectivity index (χ1) is 8.56. The molecule has 0 aliphatic carbocycles. The number of rotatable bonds is 1. The summed E-state index contributed by atoms with van der Waals surface area (Å²) in [4.78, 5) is 0. The zero-order chi connectivity index (χ0) is 12.9. The maximum Gasteiger partial charge on any atom is 0.186 e. The summed E-state index contributed by atoms with van der Waals surface area (Å²) in [6, 6.07) is 4.23. The van der Waals surface area contributed by atoms with E-state index in [1.54, 1.807) is 4.52 Å². The lowest BCUT2D eigenvalue weighted by atomic mass is 10.2. The van der Waals surface area contributed by atoms with Gasteiger partial charge in [-0.2, -0.15) is 9.61 Å². The second-order valence-corrected chi connectivity index (χ2v) is 4.06. The summed E-state index contributed by atoms with van der Waals surface area (Å²) in [6.45, 7) is 5.70. The molecule has 18 heavy (non-hydrogen) atoms. The number of phenols is 2. The monoisotopic (exact) mass is 242 g/mol. The molecule has 0 radical (unpaired) electrons. The molecule has 90 valence electrons. The van der Waals surface area contributed by atoms with Crippen molar-refractivity contribution in [3.63, 3.8) is 0 Å². The molecule has 0 saturated heterocycles. The van der Waals surface area contributed by atoms with Crippen molar-refractivity contribution in [1.29, 1.82) is 0 Å². The topological polar surface area (TPSA) is 83.5 Å². The van der Waals surface area contributed by atoms with Crippen molar-refractivity contribution in [2.24, 2.45) is 0 Å². The Morgan fingerprint density at radius 3 is 2.44 bits per heavy atom. The van der Waals surface area contributed by atoms with Gasteiger partial charge in [0.2, 0.25) is 0 Å². The zero-order valence-electron chi connectivity index (χ0n) is 9.62. The molecule has 2 N–H and O–H groups in total. The zero-order valence-corrected chi connectivity index (χ0v) is 9.62. The van der Waals surface area contributed by atoms with E-state index in [9.17, 15) is 10.2 Å². The summed E-state index contributed by atoms with van der Waals surface area (Å²) in [5.74, 6) is 0.369. The third kappa shape index (κ3) is 1.39. The Hall–Kier alpha value is -2.63. The smallest absolute Gasteiger partial charge is 0.186 e. The Morgan fingerprint density at radius 1 is 1.11 bits per heavy atom. The van der Waals surface area contributed by atoms with Gasteiger partial charge in [-0.25, -0.2) is 0 Å². The highest BCUT2D eigenvalue weighted by Gasteiger charge is 2.13. The van der Waals surface area contributed by atoms with Crippen LogP contribution in [0.5, 0.6) is 11.5 Å². The molecule has 0 bridgehead atoms. The molecule has 0 aliphatic rings. The normalized spacial score (nSPS) is 11.2. The van der Waals surface area contributed by atoms with Crippen molar-refractivity contribution < 1.29 is 10.2 Å². The van der Waals surface area contributed by atoms with Crippen molar-refractivity contribution >= 4 is 12.2 Å². The molecule has 0 fully saturated rings. The Balaban J connectivity index is 2.31. The minimum atomic E-state index is -0.0418. The van der Waals surface area contributed by atoms with Crippen molar-refractivity contribution in [3.05, 3.63) is 29.1 Å². The van der Waals surface area contributed by atoms with E-state index in [-0.39, 0.29) is 11.5 Å². The first-order valence-electron chi connectivity index (χ1n) is 5.30. The van der Waals surface area contributed by atoms with Gasteiger partial charge in [0.15, 0.2) is 11.5 Å². The van der Waals surface area contributed by atoms with Crippen molar-refractivity contribution in [3.8, 4) is 22.9 Å². The van der Waals surface area contributed by atoms with E-state index in [2.05, 4.69) is 21.9 Å². The Morgan fingerprint density at radius 2 is 1.78 bits per heavy atom. The molecule has 3 rings (SSSR count). The van der Waals surface area contributed by atoms with E-state index >= 15 is 0 Å². The number of hydrogen-bond acceptors (Lipinski definition) is 5. The largest absolute Gasteiger partial charge is 0.508 e. The van der Waals surface area contributed by atoms with Gasteiger partial charge in [0.05, 0.1) is 5.69 Å². The van der Waals surface area contributed by atoms with E-state index in [1.807, 2.05) is 6.92 Å². The summed E-state index contributed by atoms with van der Waals surface area (Å²) in [6.07, 6.45) is 0. The summed E-state index contributed by atoms with van der Waals surface area (Å²) < 4.78 is 1.55. The average molecular weight is 242 g/mol. The number of phenolic OH excluding ortho intramolecular Hbond substituents is 2. The van der Waals surface area contributed by atoms with E-state index in [4.69, 9.17) is 0 Å². The van der Waals surface area contributed by atoms with Gasteiger partial charge in [0.25, 0.3) is 0 Å². The predicted octanol–water partition coefficient (Wildman–Crippen LogP) is 0.640. The fraction of sp³-hybridized carbons (Fsp3) is 0.0833. The minimum Gasteiger partial charge on any atom is -0.508 e. The highest BCUT2D eigenvalue weighted by molar-refractivity contribution is 5.63. The Kier molecular flexibility index (Phi) is 2.00. The van der Waals surface area contributed by atoms with E-state index in [0.29, 0.717) is 17.0 Å². The summed E-state index contributed by atoms with van der Waals surface area (Å²) >= 11 is 0. The standard InChI is InChI=1S/C12H10N4O2/c1-6-7(2)15-16-11(6)13-14-12(16)8-3-9(17)5-10(18)4-8/h3-5,17-18H,1H2,2H3. The van der Waals surface area contributed by atoms with Crippen molar-refractivity contribution in [2.75, 3.05) is 0 Å².